The van der Waals surface area contributed by atoms with Gasteiger partial charge in [-0.15, -0.1) is 10.2 Å². The molecule has 1 aliphatic rings. The van der Waals surface area contributed by atoms with Crippen molar-refractivity contribution >= 4 is 16.5 Å². The lowest BCUT2D eigenvalue weighted by Crippen LogP contribution is -2.37. The number of nitrogens with zero attached hydrogens (tertiary/aromatic N) is 2. The summed E-state index contributed by atoms with van der Waals surface area (Å²) in [7, 11) is 0. The Balaban J connectivity index is 1.94. The minimum Gasteiger partial charge on any atom is -0.356 e. The fraction of sp³-hybridized carbons (Fsp3) is 0.818. The summed E-state index contributed by atoms with van der Waals surface area (Å²) in [5, 5.41) is 13.5. The lowest BCUT2D eigenvalue weighted by molar-refractivity contribution is 0.320. The quantitative estimate of drug-likeness (QED) is 0.846. The zero-order valence-electron chi connectivity index (χ0n) is 9.78. The third-order valence-corrected chi connectivity index (χ3v) is 4.08. The first-order valence-electron chi connectivity index (χ1n) is 6.06. The molecule has 1 atom stereocenters. The van der Waals surface area contributed by atoms with E-state index in [2.05, 4.69) is 15.5 Å². The second-order valence-electron chi connectivity index (χ2n) is 4.51. The summed E-state index contributed by atoms with van der Waals surface area (Å²) in [5.41, 5.74) is 5.85. The van der Waals surface area contributed by atoms with Crippen LogP contribution in [0.15, 0.2) is 0 Å². The molecule has 1 saturated carbocycles. The molecule has 0 radical (unpaired) electrons. The van der Waals surface area contributed by atoms with Gasteiger partial charge in [-0.3, -0.25) is 0 Å². The Hall–Kier alpha value is -0.680. The van der Waals surface area contributed by atoms with E-state index in [9.17, 15) is 0 Å². The average molecular weight is 240 g/mol. The molecule has 1 aliphatic carbocycles. The Morgan fingerprint density at radius 3 is 2.69 bits per heavy atom. The molecule has 4 nitrogen and oxygen atoms in total. The zero-order valence-corrected chi connectivity index (χ0v) is 10.6. The number of aryl methyl sites for hydroxylation is 1. The number of nitrogens with one attached hydrogen (secondary N) is 1. The van der Waals surface area contributed by atoms with E-state index in [0.29, 0.717) is 18.5 Å². The highest BCUT2D eigenvalue weighted by molar-refractivity contribution is 7.15. The molecule has 5 heteroatoms. The van der Waals surface area contributed by atoms with E-state index in [4.69, 9.17) is 5.73 Å². The molecule has 0 spiro atoms. The molecule has 2 rings (SSSR count). The summed E-state index contributed by atoms with van der Waals surface area (Å²) < 4.78 is 0. The van der Waals surface area contributed by atoms with Crippen molar-refractivity contribution in [2.75, 3.05) is 11.9 Å². The molecule has 1 heterocycles. The topological polar surface area (TPSA) is 63.8 Å². The van der Waals surface area contributed by atoms with Crippen LogP contribution in [-0.4, -0.2) is 22.8 Å². The highest BCUT2D eigenvalue weighted by atomic mass is 32.1. The van der Waals surface area contributed by atoms with Crippen molar-refractivity contribution in [3.05, 3.63) is 5.01 Å². The Morgan fingerprint density at radius 1 is 1.38 bits per heavy atom. The number of rotatable bonds is 4. The monoisotopic (exact) mass is 240 g/mol. The van der Waals surface area contributed by atoms with Crippen LogP contribution < -0.4 is 11.1 Å². The molecule has 90 valence electrons. The summed E-state index contributed by atoms with van der Waals surface area (Å²) in [4.78, 5) is 0. The predicted molar refractivity (Wildman–Crippen MR) is 67.7 cm³/mol. The van der Waals surface area contributed by atoms with E-state index in [1.807, 2.05) is 6.92 Å². The van der Waals surface area contributed by atoms with E-state index < -0.39 is 0 Å². The maximum atomic E-state index is 5.85. The van der Waals surface area contributed by atoms with E-state index in [1.54, 1.807) is 11.3 Å². The molecule has 0 aromatic carbocycles. The van der Waals surface area contributed by atoms with Crippen molar-refractivity contribution in [3.8, 4) is 0 Å². The van der Waals surface area contributed by atoms with Crippen molar-refractivity contribution in [2.24, 2.45) is 11.7 Å². The van der Waals surface area contributed by atoms with Crippen LogP contribution in [0.4, 0.5) is 5.13 Å². The molecule has 16 heavy (non-hydrogen) atoms. The summed E-state index contributed by atoms with van der Waals surface area (Å²) in [6.07, 6.45) is 6.67. The Labute approximate surface area is 101 Å². The molecule has 0 amide bonds. The second kappa shape index (κ2) is 5.59. The van der Waals surface area contributed by atoms with Crippen LogP contribution in [0.5, 0.6) is 0 Å². The Bertz CT molecular complexity index is 320. The normalized spacial score (nSPS) is 19.6. The zero-order chi connectivity index (χ0) is 11.4. The van der Waals surface area contributed by atoms with Gasteiger partial charge in [-0.1, -0.05) is 30.6 Å². The number of hydrogen-bond donors (Lipinski definition) is 2. The van der Waals surface area contributed by atoms with Crippen LogP contribution in [0, 0.1) is 12.8 Å². The summed E-state index contributed by atoms with van der Waals surface area (Å²) in [6, 6.07) is 0.368. The van der Waals surface area contributed by atoms with Crippen molar-refractivity contribution in [3.63, 3.8) is 0 Å². The van der Waals surface area contributed by atoms with E-state index in [0.717, 1.165) is 10.1 Å². The van der Waals surface area contributed by atoms with Gasteiger partial charge in [0.2, 0.25) is 5.13 Å². The minimum absolute atomic E-state index is 0.368. The smallest absolute Gasteiger partial charge is 0.205 e. The van der Waals surface area contributed by atoms with Gasteiger partial charge in [-0.25, -0.2) is 0 Å². The van der Waals surface area contributed by atoms with Crippen LogP contribution in [-0.2, 0) is 0 Å². The SMILES string of the molecule is Cc1nnc(NC(CN)C2CCCCC2)s1. The Morgan fingerprint density at radius 2 is 2.12 bits per heavy atom. The van der Waals surface area contributed by atoms with E-state index in [1.165, 1.54) is 32.1 Å². The third kappa shape index (κ3) is 2.92. The first-order chi connectivity index (χ1) is 7.79. The highest BCUT2D eigenvalue weighted by Gasteiger charge is 2.23. The van der Waals surface area contributed by atoms with Crippen molar-refractivity contribution in [2.45, 2.75) is 45.1 Å². The third-order valence-electron chi connectivity index (χ3n) is 3.31. The van der Waals surface area contributed by atoms with Crippen LogP contribution >= 0.6 is 11.3 Å². The van der Waals surface area contributed by atoms with Gasteiger partial charge in [0.05, 0.1) is 0 Å². The van der Waals surface area contributed by atoms with Crippen LogP contribution in [0.25, 0.3) is 0 Å². The highest BCUT2D eigenvalue weighted by Crippen LogP contribution is 2.28. The lowest BCUT2D eigenvalue weighted by atomic mass is 9.84. The van der Waals surface area contributed by atoms with Gasteiger partial charge in [0.15, 0.2) is 0 Å². The van der Waals surface area contributed by atoms with Gasteiger partial charge in [-0.2, -0.15) is 0 Å². The number of hydrogen-bond acceptors (Lipinski definition) is 5. The maximum Gasteiger partial charge on any atom is 0.205 e. The van der Waals surface area contributed by atoms with Crippen LogP contribution in [0.3, 0.4) is 0 Å². The Kier molecular flexibility index (Phi) is 4.12. The molecule has 1 aromatic heterocycles. The largest absolute Gasteiger partial charge is 0.356 e. The fourth-order valence-corrected chi connectivity index (χ4v) is 3.07. The lowest BCUT2D eigenvalue weighted by Gasteiger charge is -2.29. The van der Waals surface area contributed by atoms with Crippen molar-refractivity contribution < 1.29 is 0 Å². The van der Waals surface area contributed by atoms with Gasteiger partial charge < -0.3 is 11.1 Å². The number of anilines is 1. The maximum absolute atomic E-state index is 5.85. The number of nitrogens with two attached hydrogens (primary N) is 1. The predicted octanol–water partition coefficient (Wildman–Crippen LogP) is 2.17. The fourth-order valence-electron chi connectivity index (χ4n) is 2.42. The van der Waals surface area contributed by atoms with Gasteiger partial charge in [0, 0.05) is 12.6 Å². The standard InChI is InChI=1S/C11H20N4S/c1-8-14-15-11(16-8)13-10(7-12)9-5-3-2-4-6-9/h9-10H,2-7,12H2,1H3,(H,13,15). The van der Waals surface area contributed by atoms with Gasteiger partial charge in [0.25, 0.3) is 0 Å². The molecule has 1 fully saturated rings. The van der Waals surface area contributed by atoms with Crippen LogP contribution in [0.1, 0.15) is 37.1 Å². The molecule has 3 N–H and O–H groups in total. The van der Waals surface area contributed by atoms with Crippen molar-refractivity contribution in [1.29, 1.82) is 0 Å². The summed E-state index contributed by atoms with van der Waals surface area (Å²) in [6.45, 7) is 2.66. The summed E-state index contributed by atoms with van der Waals surface area (Å²) >= 11 is 1.61. The summed E-state index contributed by atoms with van der Waals surface area (Å²) in [5.74, 6) is 0.711. The molecule has 0 bridgehead atoms. The molecule has 0 aliphatic heterocycles. The average Bonchev–Trinajstić information content (AvgIpc) is 2.73. The van der Waals surface area contributed by atoms with Crippen molar-refractivity contribution in [1.82, 2.24) is 10.2 Å². The van der Waals surface area contributed by atoms with E-state index in [-0.39, 0.29) is 0 Å². The van der Waals surface area contributed by atoms with Gasteiger partial charge >= 0.3 is 0 Å². The molecule has 1 aromatic rings. The number of aromatic nitrogens is 2. The molecule has 0 saturated heterocycles. The van der Waals surface area contributed by atoms with E-state index >= 15 is 0 Å². The van der Waals surface area contributed by atoms with Gasteiger partial charge in [0.1, 0.15) is 5.01 Å². The van der Waals surface area contributed by atoms with Crippen LogP contribution in [0.2, 0.25) is 0 Å². The second-order valence-corrected chi connectivity index (χ2v) is 5.69. The first-order valence-corrected chi connectivity index (χ1v) is 6.88. The minimum atomic E-state index is 0.368. The van der Waals surface area contributed by atoms with Gasteiger partial charge in [-0.05, 0) is 25.7 Å². The first kappa shape index (κ1) is 11.8. The molecular formula is C11H20N4S. The molecular weight excluding hydrogens is 220 g/mol. The molecule has 1 unspecified atom stereocenters.